The van der Waals surface area contributed by atoms with E-state index in [4.69, 9.17) is 10.8 Å². The van der Waals surface area contributed by atoms with Gasteiger partial charge in [0.15, 0.2) is 6.23 Å². The van der Waals surface area contributed by atoms with E-state index in [1.54, 1.807) is 6.07 Å². The van der Waals surface area contributed by atoms with E-state index in [9.17, 15) is 4.79 Å². The number of aryl methyl sites for hydroxylation is 1. The molecule has 0 radical (unpaired) electrons. The fraction of sp³-hybridized carbons (Fsp3) is 0.136. The van der Waals surface area contributed by atoms with Crippen LogP contribution in [-0.2, 0) is 23.3 Å². The molecular weight excluding hydrogens is 354 g/mol. The average molecular weight is 375 g/mol. The number of hydrogen-bond acceptors (Lipinski definition) is 4. The van der Waals surface area contributed by atoms with Crippen LogP contribution in [0.15, 0.2) is 72.8 Å². The van der Waals surface area contributed by atoms with Crippen molar-refractivity contribution in [3.05, 3.63) is 83.9 Å². The Morgan fingerprint density at radius 3 is 2.50 bits per heavy atom. The first kappa shape index (κ1) is 18.2. The summed E-state index contributed by atoms with van der Waals surface area (Å²) in [5.41, 5.74) is 3.50. The van der Waals surface area contributed by atoms with Crippen molar-refractivity contribution in [2.75, 3.05) is 0 Å². The summed E-state index contributed by atoms with van der Waals surface area (Å²) < 4.78 is 2.03. The molecule has 142 valence electrons. The van der Waals surface area contributed by atoms with Gasteiger partial charge in [0.25, 0.3) is 5.91 Å². The lowest BCUT2D eigenvalue weighted by Gasteiger charge is -2.17. The molecule has 3 N–H and O–H groups in total. The Hall–Kier alpha value is -3.19. The summed E-state index contributed by atoms with van der Waals surface area (Å²) >= 11 is 0. The number of aromatic nitrogens is 1. The Labute approximate surface area is 162 Å². The second-order valence-electron chi connectivity index (χ2n) is 6.62. The SMILES string of the molecule is Cn1c2ccccc2c2cccc(C(=O)NC(Cc3ccccc3)OON)c21. The van der Waals surface area contributed by atoms with Gasteiger partial charge in [-0.05, 0) is 17.7 Å². The zero-order valence-corrected chi connectivity index (χ0v) is 15.5. The standard InChI is InChI=1S/C22H21N3O3/c1-25-19-13-6-5-10-16(19)17-11-7-12-18(21(17)25)22(26)24-20(27-28-23)14-15-8-3-2-4-9-15/h2-13,20H,14,23H2,1H3,(H,24,26). The number of rotatable bonds is 6. The van der Waals surface area contributed by atoms with Crippen LogP contribution >= 0.6 is 0 Å². The predicted octanol–water partition coefficient (Wildman–Crippen LogP) is 3.45. The number of fused-ring (bicyclic) bond motifs is 3. The summed E-state index contributed by atoms with van der Waals surface area (Å²) in [6, 6.07) is 23.5. The maximum Gasteiger partial charge on any atom is 0.255 e. The third kappa shape index (κ3) is 3.36. The molecule has 1 amide bonds. The van der Waals surface area contributed by atoms with Crippen LogP contribution in [0.3, 0.4) is 0 Å². The number of nitrogens with zero attached hydrogens (tertiary/aromatic N) is 1. The van der Waals surface area contributed by atoms with Crippen molar-refractivity contribution in [3.63, 3.8) is 0 Å². The first-order chi connectivity index (χ1) is 13.7. The van der Waals surface area contributed by atoms with Gasteiger partial charge in [-0.15, -0.1) is 4.99 Å². The van der Waals surface area contributed by atoms with E-state index in [1.165, 1.54) is 0 Å². The van der Waals surface area contributed by atoms with Gasteiger partial charge in [-0.3, -0.25) is 4.79 Å². The Kier molecular flexibility index (Phi) is 5.08. The molecule has 4 rings (SSSR count). The minimum Gasteiger partial charge on any atom is -0.343 e. The van der Waals surface area contributed by atoms with Crippen molar-refractivity contribution in [2.45, 2.75) is 12.6 Å². The Morgan fingerprint density at radius 2 is 1.71 bits per heavy atom. The molecule has 0 aliphatic heterocycles. The second kappa shape index (κ2) is 7.82. The number of nitrogens with two attached hydrogens (primary N) is 1. The quantitative estimate of drug-likeness (QED) is 0.307. The number of benzene rings is 3. The van der Waals surface area contributed by atoms with E-state index in [-0.39, 0.29) is 5.91 Å². The monoisotopic (exact) mass is 375 g/mol. The van der Waals surface area contributed by atoms with Gasteiger partial charge >= 0.3 is 0 Å². The van der Waals surface area contributed by atoms with Crippen LogP contribution in [0.25, 0.3) is 21.8 Å². The van der Waals surface area contributed by atoms with Gasteiger partial charge < -0.3 is 9.88 Å². The summed E-state index contributed by atoms with van der Waals surface area (Å²) in [7, 11) is 1.96. The van der Waals surface area contributed by atoms with Gasteiger partial charge in [0.2, 0.25) is 0 Å². The van der Waals surface area contributed by atoms with E-state index in [0.717, 1.165) is 27.4 Å². The molecule has 0 saturated heterocycles. The second-order valence-corrected chi connectivity index (χ2v) is 6.62. The number of nitrogens with one attached hydrogen (secondary N) is 1. The molecule has 0 saturated carbocycles. The molecular formula is C22H21N3O3. The fourth-order valence-corrected chi connectivity index (χ4v) is 3.65. The summed E-state index contributed by atoms with van der Waals surface area (Å²) in [6.07, 6.45) is -0.292. The molecule has 1 unspecified atom stereocenters. The van der Waals surface area contributed by atoms with Gasteiger partial charge in [0, 0.05) is 29.8 Å². The minimum atomic E-state index is -0.718. The zero-order valence-electron chi connectivity index (χ0n) is 15.5. The molecule has 6 nitrogen and oxygen atoms in total. The van der Waals surface area contributed by atoms with Crippen LogP contribution in [-0.4, -0.2) is 16.7 Å². The normalized spacial score (nSPS) is 12.4. The maximum absolute atomic E-state index is 13.1. The van der Waals surface area contributed by atoms with Crippen molar-refractivity contribution >= 4 is 27.7 Å². The van der Waals surface area contributed by atoms with Gasteiger partial charge in [0.1, 0.15) is 0 Å². The molecule has 0 aliphatic carbocycles. The first-order valence-corrected chi connectivity index (χ1v) is 9.02. The lowest BCUT2D eigenvalue weighted by molar-refractivity contribution is -0.332. The van der Waals surface area contributed by atoms with E-state index in [0.29, 0.717) is 12.0 Å². The molecule has 0 aliphatic rings. The highest BCUT2D eigenvalue weighted by Crippen LogP contribution is 2.30. The van der Waals surface area contributed by atoms with Gasteiger partial charge in [0.05, 0.1) is 11.1 Å². The van der Waals surface area contributed by atoms with Crippen molar-refractivity contribution in [3.8, 4) is 0 Å². The minimum absolute atomic E-state index is 0.255. The largest absolute Gasteiger partial charge is 0.343 e. The van der Waals surface area contributed by atoms with Gasteiger partial charge in [-0.2, -0.15) is 10.8 Å². The summed E-state index contributed by atoms with van der Waals surface area (Å²) in [4.78, 5) is 22.5. The maximum atomic E-state index is 13.1. The lowest BCUT2D eigenvalue weighted by Crippen LogP contribution is -2.39. The van der Waals surface area contributed by atoms with Crippen molar-refractivity contribution < 1.29 is 14.7 Å². The van der Waals surface area contributed by atoms with E-state index < -0.39 is 6.23 Å². The molecule has 0 spiro atoms. The number of carbonyl (C=O) groups excluding carboxylic acids is 1. The van der Waals surface area contributed by atoms with E-state index >= 15 is 0 Å². The van der Waals surface area contributed by atoms with E-state index in [2.05, 4.69) is 16.4 Å². The molecule has 1 atom stereocenters. The van der Waals surface area contributed by atoms with Crippen molar-refractivity contribution in [1.82, 2.24) is 9.88 Å². The number of amides is 1. The highest BCUT2D eigenvalue weighted by Gasteiger charge is 2.20. The number of hydrogen-bond donors (Lipinski definition) is 2. The smallest absolute Gasteiger partial charge is 0.255 e. The lowest BCUT2D eigenvalue weighted by atomic mass is 10.1. The average Bonchev–Trinajstić information content (AvgIpc) is 3.02. The van der Waals surface area contributed by atoms with Crippen LogP contribution in [0.1, 0.15) is 15.9 Å². The zero-order chi connectivity index (χ0) is 19.5. The third-order valence-electron chi connectivity index (χ3n) is 4.90. The summed E-state index contributed by atoms with van der Waals surface area (Å²) in [6.45, 7) is 0. The molecule has 0 bridgehead atoms. The van der Waals surface area contributed by atoms with Crippen LogP contribution in [0.5, 0.6) is 0 Å². The van der Waals surface area contributed by atoms with Crippen LogP contribution in [0.4, 0.5) is 0 Å². The summed E-state index contributed by atoms with van der Waals surface area (Å²) in [5, 5.41) is 5.00. The molecule has 6 heteroatoms. The van der Waals surface area contributed by atoms with E-state index in [1.807, 2.05) is 72.3 Å². The highest BCUT2D eigenvalue weighted by molar-refractivity contribution is 6.15. The van der Waals surface area contributed by atoms with Crippen LogP contribution in [0, 0.1) is 0 Å². The molecule has 0 fully saturated rings. The Balaban J connectivity index is 1.68. The molecule has 3 aromatic carbocycles. The van der Waals surface area contributed by atoms with Crippen LogP contribution in [0.2, 0.25) is 0 Å². The Morgan fingerprint density at radius 1 is 1.00 bits per heavy atom. The topological polar surface area (TPSA) is 78.5 Å². The van der Waals surface area contributed by atoms with Crippen molar-refractivity contribution in [1.29, 1.82) is 0 Å². The number of para-hydroxylation sites is 2. The van der Waals surface area contributed by atoms with Gasteiger partial charge in [-0.1, -0.05) is 60.7 Å². The first-order valence-electron chi connectivity index (χ1n) is 9.02. The molecule has 1 aromatic heterocycles. The Bertz CT molecular complexity index is 1120. The highest BCUT2D eigenvalue weighted by atomic mass is 17.3. The number of carbonyl (C=O) groups is 1. The van der Waals surface area contributed by atoms with Gasteiger partial charge in [-0.25, -0.2) is 0 Å². The van der Waals surface area contributed by atoms with Crippen molar-refractivity contribution in [2.24, 2.45) is 12.9 Å². The van der Waals surface area contributed by atoms with Crippen LogP contribution < -0.4 is 11.2 Å². The fourth-order valence-electron chi connectivity index (χ4n) is 3.65. The molecule has 1 heterocycles. The summed E-state index contributed by atoms with van der Waals surface area (Å²) in [5.74, 6) is 4.83. The third-order valence-corrected chi connectivity index (χ3v) is 4.90. The molecule has 4 aromatic rings. The molecule has 28 heavy (non-hydrogen) atoms. The predicted molar refractivity (Wildman–Crippen MR) is 108 cm³/mol.